The number of halogens is 1. The van der Waals surface area contributed by atoms with Gasteiger partial charge in [0.2, 0.25) is 0 Å². The number of ether oxygens (including phenoxy) is 2. The Bertz CT molecular complexity index is 1450. The molecule has 3 aromatic carbocycles. The highest BCUT2D eigenvalue weighted by molar-refractivity contribution is 5.79. The Labute approximate surface area is 246 Å². The molecule has 3 aromatic rings. The van der Waals surface area contributed by atoms with E-state index in [1.165, 1.54) is 17.2 Å². The summed E-state index contributed by atoms with van der Waals surface area (Å²) in [6.45, 7) is 6.37. The van der Waals surface area contributed by atoms with Crippen molar-refractivity contribution in [2.45, 2.75) is 69.6 Å². The maximum Gasteiger partial charge on any atom is 0.410 e. The number of carbonyl (C=O) groups is 2. The van der Waals surface area contributed by atoms with Crippen LogP contribution in [0.2, 0.25) is 0 Å². The maximum atomic E-state index is 14.7. The van der Waals surface area contributed by atoms with E-state index in [4.69, 9.17) is 15.2 Å². The van der Waals surface area contributed by atoms with Crippen LogP contribution in [0.25, 0.3) is 11.1 Å². The van der Waals surface area contributed by atoms with Gasteiger partial charge in [-0.05, 0) is 80.8 Å². The van der Waals surface area contributed by atoms with Gasteiger partial charge < -0.3 is 20.1 Å². The third-order valence-electron chi connectivity index (χ3n) is 8.69. The minimum absolute atomic E-state index is 0.0591. The molecule has 1 saturated heterocycles. The van der Waals surface area contributed by atoms with E-state index < -0.39 is 23.3 Å². The maximum absolute atomic E-state index is 14.7. The number of hydrogen-bond donors (Lipinski definition) is 1. The summed E-state index contributed by atoms with van der Waals surface area (Å²) in [7, 11) is 0. The molecule has 2 fully saturated rings. The summed E-state index contributed by atoms with van der Waals surface area (Å²) < 4.78 is 26.5. The molecule has 8 heteroatoms. The highest BCUT2D eigenvalue weighted by atomic mass is 19.1. The molecule has 2 N–H and O–H groups in total. The molecule has 1 atom stereocenters. The van der Waals surface area contributed by atoms with Crippen LogP contribution in [-0.4, -0.2) is 58.9 Å². The van der Waals surface area contributed by atoms with Crippen molar-refractivity contribution in [1.82, 2.24) is 9.80 Å². The third-order valence-corrected chi connectivity index (χ3v) is 8.69. The predicted octanol–water partition coefficient (Wildman–Crippen LogP) is 6.74. The Morgan fingerprint density at radius 2 is 1.60 bits per heavy atom. The zero-order valence-corrected chi connectivity index (χ0v) is 24.4. The summed E-state index contributed by atoms with van der Waals surface area (Å²) in [6, 6.07) is 20.8. The molecule has 220 valence electrons. The summed E-state index contributed by atoms with van der Waals surface area (Å²) in [4.78, 5) is 30.6. The zero-order valence-electron chi connectivity index (χ0n) is 24.4. The molecule has 0 aromatic heterocycles. The van der Waals surface area contributed by atoms with E-state index >= 15 is 0 Å². The van der Waals surface area contributed by atoms with Crippen molar-refractivity contribution < 1.29 is 23.5 Å². The number of nitrogens with zero attached hydrogens (tertiary/aromatic N) is 2. The summed E-state index contributed by atoms with van der Waals surface area (Å²) in [5.41, 5.74) is 10.4. The van der Waals surface area contributed by atoms with Crippen molar-refractivity contribution >= 4 is 17.9 Å². The summed E-state index contributed by atoms with van der Waals surface area (Å²) in [6.07, 6.45) is 1.47. The van der Waals surface area contributed by atoms with Crippen LogP contribution in [0.5, 0.6) is 0 Å². The van der Waals surface area contributed by atoms with Crippen LogP contribution in [0.15, 0.2) is 66.7 Å². The van der Waals surface area contributed by atoms with Crippen molar-refractivity contribution in [2.24, 2.45) is 0 Å². The van der Waals surface area contributed by atoms with Gasteiger partial charge in [0, 0.05) is 30.3 Å². The molecule has 2 amide bonds. The van der Waals surface area contributed by atoms with E-state index in [2.05, 4.69) is 24.3 Å². The van der Waals surface area contributed by atoms with E-state index in [0.717, 1.165) is 24.0 Å². The van der Waals surface area contributed by atoms with Crippen LogP contribution < -0.4 is 5.73 Å². The predicted molar refractivity (Wildman–Crippen MR) is 160 cm³/mol. The van der Waals surface area contributed by atoms with E-state index in [0.29, 0.717) is 30.6 Å². The first-order chi connectivity index (χ1) is 20.1. The van der Waals surface area contributed by atoms with E-state index in [1.54, 1.807) is 17.0 Å². The van der Waals surface area contributed by atoms with Crippen LogP contribution in [0, 0.1) is 5.82 Å². The Morgan fingerprint density at radius 3 is 2.19 bits per heavy atom. The van der Waals surface area contributed by atoms with Gasteiger partial charge in [-0.2, -0.15) is 0 Å². The summed E-state index contributed by atoms with van der Waals surface area (Å²) in [5.74, 6) is -0.431. The molecule has 1 heterocycles. The van der Waals surface area contributed by atoms with Crippen molar-refractivity contribution in [3.8, 4) is 11.1 Å². The van der Waals surface area contributed by atoms with Gasteiger partial charge in [0.25, 0.3) is 0 Å². The van der Waals surface area contributed by atoms with Crippen molar-refractivity contribution in [3.63, 3.8) is 0 Å². The lowest BCUT2D eigenvalue weighted by Crippen LogP contribution is -2.63. The lowest BCUT2D eigenvalue weighted by molar-refractivity contribution is -0.0224. The molecule has 1 saturated carbocycles. The topological polar surface area (TPSA) is 85.1 Å². The van der Waals surface area contributed by atoms with Gasteiger partial charge in [0.05, 0.1) is 11.6 Å². The number of nitrogens with two attached hydrogens (primary N) is 1. The Morgan fingerprint density at radius 1 is 0.952 bits per heavy atom. The molecule has 7 nitrogen and oxygen atoms in total. The minimum atomic E-state index is -0.644. The van der Waals surface area contributed by atoms with E-state index in [1.807, 2.05) is 49.9 Å². The second-order valence-electron chi connectivity index (χ2n) is 12.8. The minimum Gasteiger partial charge on any atom is -0.448 e. The Hall–Kier alpha value is -4.07. The van der Waals surface area contributed by atoms with Crippen LogP contribution in [-0.2, 0) is 15.9 Å². The van der Waals surface area contributed by atoms with Crippen molar-refractivity contribution in [1.29, 1.82) is 0 Å². The van der Waals surface area contributed by atoms with Gasteiger partial charge in [-0.3, -0.25) is 4.90 Å². The SMILES string of the molecule is CC(C)(C)OC(=O)N1CC(CCc2c(N)cccc2F)N(C(=O)OCC2c3ccccc3-c3ccccc32)C2(CC2)C1. The summed E-state index contributed by atoms with van der Waals surface area (Å²) >= 11 is 0. The number of amides is 2. The number of benzene rings is 3. The van der Waals surface area contributed by atoms with E-state index in [9.17, 15) is 14.0 Å². The second kappa shape index (κ2) is 10.6. The van der Waals surface area contributed by atoms with Gasteiger partial charge >= 0.3 is 12.2 Å². The zero-order chi connectivity index (χ0) is 29.6. The second-order valence-corrected chi connectivity index (χ2v) is 12.8. The molecule has 2 aliphatic carbocycles. The van der Waals surface area contributed by atoms with Crippen LogP contribution in [0.4, 0.5) is 19.7 Å². The van der Waals surface area contributed by atoms with Gasteiger partial charge in [-0.1, -0.05) is 54.6 Å². The number of carbonyl (C=O) groups excluding carboxylic acids is 2. The molecular formula is C34H38FN3O4. The smallest absolute Gasteiger partial charge is 0.410 e. The van der Waals surface area contributed by atoms with Crippen molar-refractivity contribution in [2.75, 3.05) is 25.4 Å². The number of rotatable bonds is 5. The lowest BCUT2D eigenvalue weighted by atomic mass is 9.97. The Balaban J connectivity index is 1.24. The summed E-state index contributed by atoms with van der Waals surface area (Å²) in [5, 5.41) is 0. The third kappa shape index (κ3) is 5.30. The molecule has 1 aliphatic heterocycles. The van der Waals surface area contributed by atoms with Gasteiger partial charge in [-0.25, -0.2) is 14.0 Å². The number of fused-ring (bicyclic) bond motifs is 3. The first-order valence-electron chi connectivity index (χ1n) is 14.7. The largest absolute Gasteiger partial charge is 0.448 e. The standard InChI is InChI=1S/C34H38FN3O4/c1-33(2,3)42-31(39)37-19-22(15-16-27-29(35)13-8-14-30(27)36)38(34(21-37)17-18-34)32(40)41-20-28-25-11-6-4-9-23(25)24-10-5-7-12-26(24)28/h4-14,22,28H,15-21,36H2,1-3H3. The lowest BCUT2D eigenvalue weighted by Gasteiger charge is -2.47. The molecule has 6 rings (SSSR count). The molecule has 3 aliphatic rings. The fourth-order valence-corrected chi connectivity index (χ4v) is 6.60. The molecule has 42 heavy (non-hydrogen) atoms. The van der Waals surface area contributed by atoms with Gasteiger partial charge in [-0.15, -0.1) is 0 Å². The van der Waals surface area contributed by atoms with E-state index in [-0.39, 0.29) is 30.9 Å². The number of hydrogen-bond acceptors (Lipinski definition) is 5. The normalized spacial score (nSPS) is 18.9. The molecule has 0 radical (unpaired) electrons. The molecule has 1 spiro atoms. The highest BCUT2D eigenvalue weighted by Crippen LogP contribution is 2.48. The first kappa shape index (κ1) is 28.1. The Kier molecular flexibility index (Phi) is 7.11. The number of nitrogen functional groups attached to an aromatic ring is 1. The fourth-order valence-electron chi connectivity index (χ4n) is 6.60. The van der Waals surface area contributed by atoms with Crippen LogP contribution in [0.1, 0.15) is 62.6 Å². The van der Waals surface area contributed by atoms with Crippen molar-refractivity contribution in [3.05, 3.63) is 89.2 Å². The number of anilines is 1. The van der Waals surface area contributed by atoms with Crippen LogP contribution in [0.3, 0.4) is 0 Å². The average molecular weight is 572 g/mol. The number of piperazine rings is 1. The monoisotopic (exact) mass is 571 g/mol. The van der Waals surface area contributed by atoms with Gasteiger partial charge in [0.15, 0.2) is 0 Å². The molecule has 0 bridgehead atoms. The average Bonchev–Trinajstić information content (AvgIpc) is 3.62. The van der Waals surface area contributed by atoms with Gasteiger partial charge in [0.1, 0.15) is 18.0 Å². The molecule has 1 unspecified atom stereocenters. The highest BCUT2D eigenvalue weighted by Gasteiger charge is 2.58. The first-order valence-corrected chi connectivity index (χ1v) is 14.7. The van der Waals surface area contributed by atoms with Crippen LogP contribution >= 0.6 is 0 Å². The quantitative estimate of drug-likeness (QED) is 0.343. The fraction of sp³-hybridized carbons (Fsp3) is 0.412. The molecular weight excluding hydrogens is 533 g/mol.